The second-order valence-electron chi connectivity index (χ2n) is 8.96. The van der Waals surface area contributed by atoms with Crippen LogP contribution in [-0.2, 0) is 6.54 Å². The first-order valence-electron chi connectivity index (χ1n) is 11.8. The summed E-state index contributed by atoms with van der Waals surface area (Å²) in [4.78, 5) is 2.36. The van der Waals surface area contributed by atoms with Crippen LogP contribution in [0.3, 0.4) is 0 Å². The SMILES string of the molecule is C=C(NCc1cn[nH]c1C#N)c1ccc(O[C@@H]2CCN(c3ccc(OCC4CC4)cc3)C2)cc1. The second kappa shape index (κ2) is 9.92. The summed E-state index contributed by atoms with van der Waals surface area (Å²) < 4.78 is 12.1. The Balaban J connectivity index is 1.10. The zero-order valence-electron chi connectivity index (χ0n) is 19.2. The minimum absolute atomic E-state index is 0.156. The van der Waals surface area contributed by atoms with Crippen molar-refractivity contribution in [2.75, 3.05) is 24.6 Å². The van der Waals surface area contributed by atoms with E-state index in [1.807, 2.05) is 24.3 Å². The predicted octanol–water partition coefficient (Wildman–Crippen LogP) is 4.49. The van der Waals surface area contributed by atoms with Gasteiger partial charge in [0.25, 0.3) is 0 Å². The Morgan fingerprint density at radius 3 is 2.62 bits per heavy atom. The highest BCUT2D eigenvalue weighted by Gasteiger charge is 2.25. The largest absolute Gasteiger partial charge is 0.493 e. The molecule has 1 aliphatic heterocycles. The van der Waals surface area contributed by atoms with Crippen LogP contribution in [0.4, 0.5) is 5.69 Å². The fraction of sp³-hybridized carbons (Fsp3) is 0.333. The van der Waals surface area contributed by atoms with E-state index in [1.165, 1.54) is 18.5 Å². The number of benzene rings is 2. The zero-order valence-corrected chi connectivity index (χ0v) is 19.2. The van der Waals surface area contributed by atoms with Crippen molar-refractivity contribution in [3.8, 4) is 17.6 Å². The molecule has 7 nitrogen and oxygen atoms in total. The molecule has 1 saturated carbocycles. The van der Waals surface area contributed by atoms with Crippen LogP contribution in [0.15, 0.2) is 61.3 Å². The predicted molar refractivity (Wildman–Crippen MR) is 132 cm³/mol. The maximum absolute atomic E-state index is 9.07. The van der Waals surface area contributed by atoms with Crippen LogP contribution in [0, 0.1) is 17.2 Å². The van der Waals surface area contributed by atoms with Crippen molar-refractivity contribution in [2.24, 2.45) is 5.92 Å². The van der Waals surface area contributed by atoms with Gasteiger partial charge in [-0.25, -0.2) is 0 Å². The van der Waals surface area contributed by atoms with E-state index >= 15 is 0 Å². The van der Waals surface area contributed by atoms with E-state index in [-0.39, 0.29) is 6.10 Å². The van der Waals surface area contributed by atoms with Gasteiger partial charge in [-0.05, 0) is 72.9 Å². The first-order chi connectivity index (χ1) is 16.7. The van der Waals surface area contributed by atoms with Crippen LogP contribution in [0.1, 0.15) is 36.1 Å². The molecule has 1 aromatic heterocycles. The summed E-state index contributed by atoms with van der Waals surface area (Å²) in [5.74, 6) is 2.57. The molecule has 2 aromatic carbocycles. The fourth-order valence-corrected chi connectivity index (χ4v) is 4.08. The molecule has 174 valence electrons. The molecule has 0 radical (unpaired) electrons. The summed E-state index contributed by atoms with van der Waals surface area (Å²) in [6.45, 7) is 7.28. The van der Waals surface area contributed by atoms with Gasteiger partial charge in [0.1, 0.15) is 29.4 Å². The van der Waals surface area contributed by atoms with E-state index in [0.29, 0.717) is 12.2 Å². The molecule has 2 heterocycles. The Labute approximate surface area is 200 Å². The zero-order chi connectivity index (χ0) is 23.3. The topological polar surface area (TPSA) is 86.2 Å². The number of hydrogen-bond donors (Lipinski definition) is 2. The number of nitrogens with zero attached hydrogens (tertiary/aromatic N) is 3. The summed E-state index contributed by atoms with van der Waals surface area (Å²) >= 11 is 0. The number of rotatable bonds is 10. The number of nitriles is 1. The van der Waals surface area contributed by atoms with Gasteiger partial charge in [-0.3, -0.25) is 5.10 Å². The molecule has 7 heteroatoms. The van der Waals surface area contributed by atoms with Gasteiger partial charge in [-0.15, -0.1) is 0 Å². The maximum atomic E-state index is 9.07. The Hall–Kier alpha value is -3.92. The molecular formula is C27H29N5O2. The second-order valence-corrected chi connectivity index (χ2v) is 8.96. The van der Waals surface area contributed by atoms with E-state index in [1.54, 1.807) is 6.20 Å². The van der Waals surface area contributed by atoms with Crippen LogP contribution in [0.5, 0.6) is 11.5 Å². The average Bonchev–Trinajstić information content (AvgIpc) is 3.39. The minimum atomic E-state index is 0.156. The van der Waals surface area contributed by atoms with Gasteiger partial charge < -0.3 is 19.7 Å². The van der Waals surface area contributed by atoms with Crippen LogP contribution < -0.4 is 19.7 Å². The summed E-state index contributed by atoms with van der Waals surface area (Å²) in [6, 6.07) is 18.5. The maximum Gasteiger partial charge on any atom is 0.140 e. The van der Waals surface area contributed by atoms with Crippen molar-refractivity contribution in [1.29, 1.82) is 5.26 Å². The lowest BCUT2D eigenvalue weighted by atomic mass is 10.1. The molecule has 2 N–H and O–H groups in total. The van der Waals surface area contributed by atoms with E-state index in [2.05, 4.69) is 57.3 Å². The molecule has 5 rings (SSSR count). The molecule has 3 aromatic rings. The highest BCUT2D eigenvalue weighted by atomic mass is 16.5. The Morgan fingerprint density at radius 2 is 1.88 bits per heavy atom. The Morgan fingerprint density at radius 1 is 1.12 bits per heavy atom. The molecule has 0 spiro atoms. The van der Waals surface area contributed by atoms with Gasteiger partial charge in [-0.1, -0.05) is 6.58 Å². The molecule has 1 aliphatic carbocycles. The minimum Gasteiger partial charge on any atom is -0.493 e. The van der Waals surface area contributed by atoms with E-state index in [4.69, 9.17) is 14.7 Å². The quantitative estimate of drug-likeness (QED) is 0.469. The third-order valence-electron chi connectivity index (χ3n) is 6.36. The molecule has 0 bridgehead atoms. The van der Waals surface area contributed by atoms with Gasteiger partial charge in [-0.2, -0.15) is 10.4 Å². The third-order valence-corrected chi connectivity index (χ3v) is 6.36. The van der Waals surface area contributed by atoms with Crippen molar-refractivity contribution in [2.45, 2.75) is 31.9 Å². The summed E-state index contributed by atoms with van der Waals surface area (Å²) in [5.41, 5.74) is 4.25. The Bertz CT molecular complexity index is 1160. The van der Waals surface area contributed by atoms with Gasteiger partial charge in [0.2, 0.25) is 0 Å². The molecule has 2 fully saturated rings. The lowest BCUT2D eigenvalue weighted by molar-refractivity contribution is 0.225. The number of aromatic amines is 1. The smallest absolute Gasteiger partial charge is 0.140 e. The number of anilines is 1. The van der Waals surface area contributed by atoms with E-state index in [0.717, 1.165) is 60.4 Å². The Kier molecular flexibility index (Phi) is 6.39. The highest BCUT2D eigenvalue weighted by molar-refractivity contribution is 5.62. The number of nitrogens with one attached hydrogen (secondary N) is 2. The molecule has 34 heavy (non-hydrogen) atoms. The molecule has 1 saturated heterocycles. The van der Waals surface area contributed by atoms with Crippen LogP contribution >= 0.6 is 0 Å². The summed E-state index contributed by atoms with van der Waals surface area (Å²) in [5, 5.41) is 18.9. The number of aromatic nitrogens is 2. The van der Waals surface area contributed by atoms with Crippen LogP contribution in [0.25, 0.3) is 5.70 Å². The van der Waals surface area contributed by atoms with Crippen molar-refractivity contribution in [3.63, 3.8) is 0 Å². The summed E-state index contributed by atoms with van der Waals surface area (Å²) in [7, 11) is 0. The molecule has 2 aliphatic rings. The number of ether oxygens (including phenoxy) is 2. The molecule has 0 amide bonds. The van der Waals surface area contributed by atoms with Gasteiger partial charge in [0.05, 0.1) is 19.3 Å². The normalized spacial score (nSPS) is 17.3. The first kappa shape index (κ1) is 21.9. The fourth-order valence-electron chi connectivity index (χ4n) is 4.08. The average molecular weight is 456 g/mol. The first-order valence-corrected chi connectivity index (χ1v) is 11.8. The van der Waals surface area contributed by atoms with Crippen molar-refractivity contribution in [1.82, 2.24) is 15.5 Å². The van der Waals surface area contributed by atoms with Crippen molar-refractivity contribution >= 4 is 11.4 Å². The highest BCUT2D eigenvalue weighted by Crippen LogP contribution is 2.30. The van der Waals surface area contributed by atoms with Gasteiger partial charge in [0, 0.05) is 36.5 Å². The lowest BCUT2D eigenvalue weighted by Crippen LogP contribution is -2.24. The summed E-state index contributed by atoms with van der Waals surface area (Å²) in [6.07, 6.45) is 5.40. The number of hydrogen-bond acceptors (Lipinski definition) is 6. The number of H-pyrrole nitrogens is 1. The van der Waals surface area contributed by atoms with Gasteiger partial charge in [0.15, 0.2) is 0 Å². The monoisotopic (exact) mass is 455 g/mol. The molecular weight excluding hydrogens is 426 g/mol. The van der Waals surface area contributed by atoms with Crippen molar-refractivity contribution < 1.29 is 9.47 Å². The molecule has 1 atom stereocenters. The van der Waals surface area contributed by atoms with Crippen molar-refractivity contribution in [3.05, 3.63) is 78.1 Å². The standard InChI is InChI=1S/C27H29N5O2/c1-19(29-15-22-16-30-31-27(22)14-28)21-4-8-25(9-5-21)34-26-12-13-32(17-26)23-6-10-24(11-7-23)33-18-20-2-3-20/h4-11,16,20,26,29H,1-3,12-13,15,17-18H2,(H,30,31)/t26-/m1/s1. The van der Waals surface area contributed by atoms with E-state index < -0.39 is 0 Å². The van der Waals surface area contributed by atoms with E-state index in [9.17, 15) is 0 Å². The molecule has 0 unspecified atom stereocenters. The van der Waals surface area contributed by atoms with Gasteiger partial charge >= 0.3 is 0 Å². The van der Waals surface area contributed by atoms with Crippen LogP contribution in [0.2, 0.25) is 0 Å². The van der Waals surface area contributed by atoms with Crippen LogP contribution in [-0.4, -0.2) is 36.0 Å². The lowest BCUT2D eigenvalue weighted by Gasteiger charge is -2.19. The third kappa shape index (κ3) is 5.34.